The van der Waals surface area contributed by atoms with Crippen LogP contribution in [0.5, 0.6) is 0 Å². The summed E-state index contributed by atoms with van der Waals surface area (Å²) in [6.07, 6.45) is 0. The maximum absolute atomic E-state index is 12.9. The summed E-state index contributed by atoms with van der Waals surface area (Å²) in [7, 11) is 0. The number of rotatable bonds is 8. The van der Waals surface area contributed by atoms with Gasteiger partial charge < -0.3 is 15.0 Å². The smallest absolute Gasteiger partial charge is 0.339 e. The Morgan fingerprint density at radius 1 is 1.10 bits per heavy atom. The van der Waals surface area contributed by atoms with Gasteiger partial charge in [-0.3, -0.25) is 9.59 Å². The molecule has 0 saturated carbocycles. The molecule has 0 fully saturated rings. The fourth-order valence-corrected chi connectivity index (χ4v) is 2.63. The van der Waals surface area contributed by atoms with Crippen LogP contribution in [0.25, 0.3) is 0 Å². The molecule has 0 aliphatic rings. The average Bonchev–Trinajstić information content (AvgIpc) is 2.71. The van der Waals surface area contributed by atoms with Gasteiger partial charge in [-0.2, -0.15) is 0 Å². The van der Waals surface area contributed by atoms with Crippen LogP contribution in [-0.4, -0.2) is 47.4 Å². The van der Waals surface area contributed by atoms with E-state index in [1.54, 1.807) is 32.9 Å². The highest BCUT2D eigenvalue weighted by atomic mass is 19.1. The molecule has 29 heavy (non-hydrogen) atoms. The number of halogens is 1. The number of aryl methyl sites for hydroxylation is 1. The molecule has 8 heteroatoms. The van der Waals surface area contributed by atoms with Crippen molar-refractivity contribution in [3.8, 4) is 0 Å². The Balaban J connectivity index is 2.00. The minimum atomic E-state index is -0.496. The van der Waals surface area contributed by atoms with E-state index < -0.39 is 11.9 Å². The van der Waals surface area contributed by atoms with Gasteiger partial charge in [-0.25, -0.2) is 14.2 Å². The largest absolute Gasteiger partial charge is 0.462 e. The number of nitrogens with zero attached hydrogens (tertiary/aromatic N) is 2. The van der Waals surface area contributed by atoms with Crippen molar-refractivity contribution < 1.29 is 23.5 Å². The van der Waals surface area contributed by atoms with Crippen molar-refractivity contribution in [2.24, 2.45) is 0 Å². The number of carbonyl (C=O) groups is 3. The molecule has 7 nitrogen and oxygen atoms in total. The second kappa shape index (κ2) is 10.3. The third kappa shape index (κ3) is 6.10. The van der Waals surface area contributed by atoms with Crippen LogP contribution in [0.4, 0.5) is 4.39 Å². The molecule has 0 aliphatic carbocycles. The van der Waals surface area contributed by atoms with E-state index in [0.29, 0.717) is 17.8 Å². The van der Waals surface area contributed by atoms with E-state index in [9.17, 15) is 18.8 Å². The third-order valence-electron chi connectivity index (χ3n) is 4.21. The lowest BCUT2D eigenvalue weighted by atomic mass is 10.1. The highest BCUT2D eigenvalue weighted by Gasteiger charge is 2.20. The normalized spacial score (nSPS) is 10.3. The molecule has 0 aliphatic heterocycles. The van der Waals surface area contributed by atoms with Crippen LogP contribution in [0.2, 0.25) is 0 Å². The summed E-state index contributed by atoms with van der Waals surface area (Å²) in [5.74, 6) is -1.60. The van der Waals surface area contributed by atoms with Crippen LogP contribution in [-0.2, 0) is 16.1 Å². The van der Waals surface area contributed by atoms with Gasteiger partial charge >= 0.3 is 5.97 Å². The number of benzene rings is 1. The molecule has 0 atom stereocenters. The van der Waals surface area contributed by atoms with Gasteiger partial charge in [0.2, 0.25) is 5.91 Å². The number of esters is 1. The molecule has 2 rings (SSSR count). The van der Waals surface area contributed by atoms with Crippen LogP contribution >= 0.6 is 0 Å². The summed E-state index contributed by atoms with van der Waals surface area (Å²) >= 11 is 0. The molecule has 0 saturated heterocycles. The van der Waals surface area contributed by atoms with Crippen molar-refractivity contribution in [1.29, 1.82) is 0 Å². The molecule has 1 aromatic carbocycles. The predicted octanol–water partition coefficient (Wildman–Crippen LogP) is 2.48. The van der Waals surface area contributed by atoms with Gasteiger partial charge in [-0.1, -0.05) is 12.1 Å². The highest BCUT2D eigenvalue weighted by molar-refractivity contribution is 5.96. The van der Waals surface area contributed by atoms with Crippen molar-refractivity contribution in [1.82, 2.24) is 15.2 Å². The summed E-state index contributed by atoms with van der Waals surface area (Å²) in [6.45, 7) is 5.73. The van der Waals surface area contributed by atoms with Gasteiger partial charge in [0, 0.05) is 13.1 Å². The van der Waals surface area contributed by atoms with Crippen LogP contribution < -0.4 is 5.32 Å². The minimum absolute atomic E-state index is 0.142. The highest BCUT2D eigenvalue weighted by Crippen LogP contribution is 2.11. The van der Waals surface area contributed by atoms with Gasteiger partial charge in [-0.05, 0) is 50.6 Å². The molecule has 0 spiro atoms. The number of likely N-dealkylation sites (N-methyl/N-ethyl adjacent to an activating group) is 1. The predicted molar refractivity (Wildman–Crippen MR) is 105 cm³/mol. The zero-order valence-corrected chi connectivity index (χ0v) is 16.7. The lowest BCUT2D eigenvalue weighted by Gasteiger charge is -2.20. The first kappa shape index (κ1) is 22.0. The lowest BCUT2D eigenvalue weighted by molar-refractivity contribution is -0.121. The Labute approximate surface area is 168 Å². The Kier molecular flexibility index (Phi) is 7.82. The van der Waals surface area contributed by atoms with E-state index >= 15 is 0 Å². The third-order valence-corrected chi connectivity index (χ3v) is 4.21. The zero-order chi connectivity index (χ0) is 21.4. The molecule has 1 N–H and O–H groups in total. The molecular formula is C21H24FN3O4. The fraction of sp³-hybridized carbons (Fsp3) is 0.333. The Morgan fingerprint density at radius 3 is 2.38 bits per heavy atom. The Bertz CT molecular complexity index is 884. The first-order valence-corrected chi connectivity index (χ1v) is 9.30. The second-order valence-corrected chi connectivity index (χ2v) is 6.27. The van der Waals surface area contributed by atoms with E-state index in [1.807, 2.05) is 0 Å². The monoisotopic (exact) mass is 401 g/mol. The first-order valence-electron chi connectivity index (χ1n) is 9.30. The minimum Gasteiger partial charge on any atom is -0.462 e. The van der Waals surface area contributed by atoms with E-state index in [0.717, 1.165) is 5.56 Å². The number of aromatic nitrogens is 1. The molecule has 0 unspecified atom stereocenters. The van der Waals surface area contributed by atoms with Crippen molar-refractivity contribution >= 4 is 17.8 Å². The van der Waals surface area contributed by atoms with Crippen LogP contribution in [0.3, 0.4) is 0 Å². The van der Waals surface area contributed by atoms with Gasteiger partial charge in [0.15, 0.2) is 0 Å². The molecule has 154 valence electrons. The number of hydrogen-bond acceptors (Lipinski definition) is 5. The van der Waals surface area contributed by atoms with E-state index in [1.165, 1.54) is 29.2 Å². The molecule has 2 aromatic rings. The van der Waals surface area contributed by atoms with E-state index in [2.05, 4.69) is 10.3 Å². The van der Waals surface area contributed by atoms with Crippen molar-refractivity contribution in [2.45, 2.75) is 27.3 Å². The SMILES string of the molecule is CCOC(=O)c1ccc(C(=O)N(CC)CC(=O)NCc2ccc(F)cc2)nc1C. The van der Waals surface area contributed by atoms with Gasteiger partial charge in [0.1, 0.15) is 11.5 Å². The standard InChI is InChI=1S/C21H24FN3O4/c1-4-25(13-19(26)23-12-15-6-8-16(22)9-7-15)20(27)18-11-10-17(14(3)24-18)21(28)29-5-2/h6-11H,4-5,12-13H2,1-3H3,(H,23,26). The summed E-state index contributed by atoms with van der Waals surface area (Å²) in [5.41, 5.74) is 1.57. The number of ether oxygens (including phenoxy) is 1. The average molecular weight is 401 g/mol. The number of hydrogen-bond donors (Lipinski definition) is 1. The van der Waals surface area contributed by atoms with Crippen LogP contribution in [0, 0.1) is 12.7 Å². The molecule has 0 bridgehead atoms. The second-order valence-electron chi connectivity index (χ2n) is 6.27. The first-order chi connectivity index (χ1) is 13.8. The quantitative estimate of drug-likeness (QED) is 0.687. The summed E-state index contributed by atoms with van der Waals surface area (Å²) in [4.78, 5) is 42.3. The fourth-order valence-electron chi connectivity index (χ4n) is 2.63. The molecule has 2 amide bonds. The molecular weight excluding hydrogens is 377 g/mol. The van der Waals surface area contributed by atoms with Gasteiger partial charge in [0.05, 0.1) is 24.4 Å². The number of pyridine rings is 1. The van der Waals surface area contributed by atoms with Crippen LogP contribution in [0.15, 0.2) is 36.4 Å². The summed E-state index contributed by atoms with van der Waals surface area (Å²) in [5, 5.41) is 2.70. The van der Waals surface area contributed by atoms with Crippen molar-refractivity contribution in [3.05, 3.63) is 64.7 Å². The molecule has 1 aromatic heterocycles. The lowest BCUT2D eigenvalue weighted by Crippen LogP contribution is -2.40. The molecule has 1 heterocycles. The van der Waals surface area contributed by atoms with Gasteiger partial charge in [0.25, 0.3) is 5.91 Å². The Hall–Kier alpha value is -3.29. The topological polar surface area (TPSA) is 88.6 Å². The van der Waals surface area contributed by atoms with Crippen molar-refractivity contribution in [2.75, 3.05) is 19.7 Å². The number of nitrogens with one attached hydrogen (secondary N) is 1. The zero-order valence-electron chi connectivity index (χ0n) is 16.7. The maximum atomic E-state index is 12.9. The number of amides is 2. The van der Waals surface area contributed by atoms with Gasteiger partial charge in [-0.15, -0.1) is 0 Å². The molecule has 0 radical (unpaired) electrons. The van der Waals surface area contributed by atoms with E-state index in [-0.39, 0.29) is 37.1 Å². The van der Waals surface area contributed by atoms with E-state index in [4.69, 9.17) is 4.74 Å². The maximum Gasteiger partial charge on any atom is 0.339 e. The Morgan fingerprint density at radius 2 is 1.79 bits per heavy atom. The summed E-state index contributed by atoms with van der Waals surface area (Å²) < 4.78 is 17.9. The summed E-state index contributed by atoms with van der Waals surface area (Å²) in [6, 6.07) is 8.73. The number of carbonyl (C=O) groups excluding carboxylic acids is 3. The van der Waals surface area contributed by atoms with Crippen molar-refractivity contribution in [3.63, 3.8) is 0 Å². The van der Waals surface area contributed by atoms with Crippen LogP contribution in [0.1, 0.15) is 46.0 Å².